The molecule has 0 aliphatic heterocycles. The fourth-order valence-corrected chi connectivity index (χ4v) is 8.76. The largest absolute Gasteiger partial charge is 0.462 e. The van der Waals surface area contributed by atoms with E-state index in [1.807, 2.05) is 0 Å². The Kier molecular flexibility index (Phi) is 59.8. The lowest BCUT2D eigenvalue weighted by molar-refractivity contribution is -0.163. The summed E-state index contributed by atoms with van der Waals surface area (Å²) in [5.74, 6) is -0.419. The van der Waals surface area contributed by atoms with Gasteiger partial charge in [0.05, 0.1) is 6.61 Å². The Labute approximate surface area is 448 Å². The smallest absolute Gasteiger partial charge is 0.306 e. The molecule has 0 saturated heterocycles. The zero-order chi connectivity index (χ0) is 52.0. The number of hydrogen-bond acceptors (Lipinski definition) is 5. The number of allylic oxidation sites excluding steroid dienone is 14. The molecule has 0 N–H and O–H groups in total. The van der Waals surface area contributed by atoms with Gasteiger partial charge in [0.15, 0.2) is 6.10 Å². The molecule has 416 valence electrons. The molecule has 0 aliphatic rings. The topological polar surface area (TPSA) is 61.8 Å². The number of carbonyl (C=O) groups excluding carboxylic acids is 2. The molecule has 0 radical (unpaired) electrons. The molecule has 0 aromatic carbocycles. The van der Waals surface area contributed by atoms with E-state index in [1.165, 1.54) is 180 Å². The van der Waals surface area contributed by atoms with Crippen molar-refractivity contribution in [3.8, 4) is 0 Å². The molecular formula is C67H118O5. The molecule has 5 heteroatoms. The van der Waals surface area contributed by atoms with Crippen LogP contribution in [0.15, 0.2) is 85.1 Å². The summed E-state index contributed by atoms with van der Waals surface area (Å²) in [4.78, 5) is 25.6. The van der Waals surface area contributed by atoms with Gasteiger partial charge in [-0.15, -0.1) is 0 Å². The SMILES string of the molecule is CC/C=C\C/C=C\C/C=C\C/C=C\CCCCCCC(=O)OC(COCCCCCCCCCCCC/C=C\C/C=C\CCCCC)COC(=O)CCCCCCCCCCC/C=C\CCCCCCCC. The molecule has 0 rings (SSSR count). The van der Waals surface area contributed by atoms with Gasteiger partial charge in [-0.05, 0) is 116 Å². The van der Waals surface area contributed by atoms with Crippen LogP contribution in [0, 0.1) is 0 Å². The van der Waals surface area contributed by atoms with Gasteiger partial charge in [0, 0.05) is 19.4 Å². The lowest BCUT2D eigenvalue weighted by Crippen LogP contribution is -2.30. The van der Waals surface area contributed by atoms with Gasteiger partial charge in [0.25, 0.3) is 0 Å². The molecule has 1 atom stereocenters. The molecular weight excluding hydrogens is 885 g/mol. The van der Waals surface area contributed by atoms with Gasteiger partial charge in [0.2, 0.25) is 0 Å². The first kappa shape index (κ1) is 69.1. The Morgan fingerprint density at radius 1 is 0.319 bits per heavy atom. The van der Waals surface area contributed by atoms with E-state index < -0.39 is 6.10 Å². The second-order valence-corrected chi connectivity index (χ2v) is 20.6. The van der Waals surface area contributed by atoms with Gasteiger partial charge in [-0.2, -0.15) is 0 Å². The van der Waals surface area contributed by atoms with Gasteiger partial charge < -0.3 is 14.2 Å². The average molecular weight is 1000 g/mol. The first-order chi connectivity index (χ1) is 35.6. The van der Waals surface area contributed by atoms with Crippen molar-refractivity contribution in [3.63, 3.8) is 0 Å². The summed E-state index contributed by atoms with van der Waals surface area (Å²) in [5.41, 5.74) is 0. The first-order valence-corrected chi connectivity index (χ1v) is 31.1. The van der Waals surface area contributed by atoms with E-state index >= 15 is 0 Å². The van der Waals surface area contributed by atoms with Crippen molar-refractivity contribution < 1.29 is 23.8 Å². The van der Waals surface area contributed by atoms with E-state index in [4.69, 9.17) is 14.2 Å². The van der Waals surface area contributed by atoms with Gasteiger partial charge in [-0.3, -0.25) is 9.59 Å². The Bertz CT molecular complexity index is 1320. The van der Waals surface area contributed by atoms with E-state index in [0.717, 1.165) is 89.9 Å². The lowest BCUT2D eigenvalue weighted by atomic mass is 10.1. The Hall–Kier alpha value is -2.92. The summed E-state index contributed by atoms with van der Waals surface area (Å²) in [7, 11) is 0. The van der Waals surface area contributed by atoms with E-state index in [9.17, 15) is 9.59 Å². The third-order valence-corrected chi connectivity index (χ3v) is 13.4. The van der Waals surface area contributed by atoms with Gasteiger partial charge in [0.1, 0.15) is 6.61 Å². The zero-order valence-corrected chi connectivity index (χ0v) is 47.9. The summed E-state index contributed by atoms with van der Waals surface area (Å²) >= 11 is 0. The van der Waals surface area contributed by atoms with Crippen molar-refractivity contribution in [2.24, 2.45) is 0 Å². The van der Waals surface area contributed by atoms with Crippen molar-refractivity contribution in [2.45, 2.75) is 309 Å². The highest BCUT2D eigenvalue weighted by atomic mass is 16.6. The predicted molar refractivity (Wildman–Crippen MR) is 316 cm³/mol. The highest BCUT2D eigenvalue weighted by Gasteiger charge is 2.17. The standard InChI is InChI=1S/C67H118O5/c1-4-7-10-13-16-19-22-25-28-31-33-35-38-41-44-47-50-53-56-59-62-70-63-65(72-67(69)61-58-55-52-49-46-43-40-36-30-27-24-21-18-15-12-9-6-3)64-71-66(68)60-57-54-51-48-45-42-39-37-34-32-29-26-23-20-17-14-11-8-5-2/h9,12,16,18-19,21,25-30,40,43,65H,4-8,10-11,13-15,17,20,22-24,31-39,41-42,44-64H2,1-3H3/b12-9-,19-16-,21-18-,28-25-,29-26-,30-27-,43-40-. The van der Waals surface area contributed by atoms with Crippen LogP contribution >= 0.6 is 0 Å². The lowest BCUT2D eigenvalue weighted by Gasteiger charge is -2.18. The number of hydrogen-bond donors (Lipinski definition) is 0. The predicted octanol–water partition coefficient (Wildman–Crippen LogP) is 21.6. The van der Waals surface area contributed by atoms with E-state index in [2.05, 4.69) is 106 Å². The minimum atomic E-state index is -0.556. The number of unbranched alkanes of at least 4 members (excludes halogenated alkanes) is 32. The van der Waals surface area contributed by atoms with Crippen LogP contribution in [-0.2, 0) is 23.8 Å². The van der Waals surface area contributed by atoms with Crippen LogP contribution in [0.25, 0.3) is 0 Å². The molecule has 0 saturated carbocycles. The van der Waals surface area contributed by atoms with Gasteiger partial charge in [-0.25, -0.2) is 0 Å². The van der Waals surface area contributed by atoms with Crippen LogP contribution in [0.3, 0.4) is 0 Å². The summed E-state index contributed by atoms with van der Waals surface area (Å²) in [5, 5.41) is 0. The quantitative estimate of drug-likeness (QED) is 0.0345. The molecule has 72 heavy (non-hydrogen) atoms. The van der Waals surface area contributed by atoms with Crippen LogP contribution < -0.4 is 0 Å². The van der Waals surface area contributed by atoms with Crippen molar-refractivity contribution in [3.05, 3.63) is 85.1 Å². The number of esters is 2. The molecule has 0 spiro atoms. The van der Waals surface area contributed by atoms with Crippen LogP contribution in [0.5, 0.6) is 0 Å². The molecule has 5 nitrogen and oxygen atoms in total. The maximum Gasteiger partial charge on any atom is 0.306 e. The summed E-state index contributed by atoms with van der Waals surface area (Å²) in [6.45, 7) is 7.69. The van der Waals surface area contributed by atoms with Gasteiger partial charge >= 0.3 is 11.9 Å². The van der Waals surface area contributed by atoms with Crippen LogP contribution in [0.1, 0.15) is 303 Å². The molecule has 0 fully saturated rings. The summed E-state index contributed by atoms with van der Waals surface area (Å²) in [6.07, 6.45) is 83.3. The summed E-state index contributed by atoms with van der Waals surface area (Å²) in [6, 6.07) is 0. The van der Waals surface area contributed by atoms with Crippen molar-refractivity contribution in [1.82, 2.24) is 0 Å². The first-order valence-electron chi connectivity index (χ1n) is 31.1. The number of ether oxygens (including phenoxy) is 3. The van der Waals surface area contributed by atoms with E-state index in [1.54, 1.807) is 0 Å². The molecule has 0 heterocycles. The number of carbonyl (C=O) groups is 2. The fourth-order valence-electron chi connectivity index (χ4n) is 8.76. The molecule has 0 aliphatic carbocycles. The maximum atomic E-state index is 12.9. The van der Waals surface area contributed by atoms with Crippen molar-refractivity contribution in [2.75, 3.05) is 19.8 Å². The third-order valence-electron chi connectivity index (χ3n) is 13.4. The van der Waals surface area contributed by atoms with Crippen molar-refractivity contribution in [1.29, 1.82) is 0 Å². The zero-order valence-electron chi connectivity index (χ0n) is 47.9. The highest BCUT2D eigenvalue weighted by molar-refractivity contribution is 5.70. The molecule has 1 unspecified atom stereocenters. The normalized spacial score (nSPS) is 12.8. The number of rotatable bonds is 57. The Morgan fingerprint density at radius 3 is 1.04 bits per heavy atom. The van der Waals surface area contributed by atoms with Crippen molar-refractivity contribution >= 4 is 11.9 Å². The maximum absolute atomic E-state index is 12.9. The minimum absolute atomic E-state index is 0.0713. The molecule has 0 aromatic heterocycles. The second kappa shape index (κ2) is 62.4. The fraction of sp³-hybridized carbons (Fsp3) is 0.761. The molecule has 0 amide bonds. The Balaban J connectivity index is 4.31. The Morgan fingerprint density at radius 2 is 0.625 bits per heavy atom. The van der Waals surface area contributed by atoms with Crippen LogP contribution in [-0.4, -0.2) is 37.9 Å². The van der Waals surface area contributed by atoms with Crippen LogP contribution in [0.4, 0.5) is 0 Å². The third kappa shape index (κ3) is 59.6. The average Bonchev–Trinajstić information content (AvgIpc) is 3.38. The molecule has 0 bridgehead atoms. The highest BCUT2D eigenvalue weighted by Crippen LogP contribution is 2.15. The second-order valence-electron chi connectivity index (χ2n) is 20.6. The minimum Gasteiger partial charge on any atom is -0.462 e. The van der Waals surface area contributed by atoms with Gasteiger partial charge in [-0.1, -0.05) is 260 Å². The monoisotopic (exact) mass is 1000 g/mol. The summed E-state index contributed by atoms with van der Waals surface area (Å²) < 4.78 is 17.5. The van der Waals surface area contributed by atoms with Crippen LogP contribution in [0.2, 0.25) is 0 Å². The van der Waals surface area contributed by atoms with E-state index in [-0.39, 0.29) is 25.2 Å². The van der Waals surface area contributed by atoms with E-state index in [0.29, 0.717) is 19.4 Å². The molecule has 0 aromatic rings.